The van der Waals surface area contributed by atoms with Crippen molar-refractivity contribution in [2.75, 3.05) is 12.4 Å². The molecule has 8 nitrogen and oxygen atoms in total. The SMILES string of the molecule is COc1ccc(CNc2nc3cc(Cl)c(C(=O)N(Cc4ccc(C(F)(F)F)cn4)C4CC4)cc3n3cncc23)cc1. The van der Waals surface area contributed by atoms with E-state index in [1.165, 1.54) is 6.07 Å². The Kier molecular flexibility index (Phi) is 6.90. The summed E-state index contributed by atoms with van der Waals surface area (Å²) in [5.74, 6) is 1.05. The van der Waals surface area contributed by atoms with Gasteiger partial charge in [0, 0.05) is 18.8 Å². The molecule has 0 unspecified atom stereocenters. The van der Waals surface area contributed by atoms with Crippen molar-refractivity contribution in [1.29, 1.82) is 0 Å². The summed E-state index contributed by atoms with van der Waals surface area (Å²) < 4.78 is 45.9. The van der Waals surface area contributed by atoms with Gasteiger partial charge in [-0.3, -0.25) is 14.2 Å². The molecular formula is C29H24ClF3N6O2. The highest BCUT2D eigenvalue weighted by molar-refractivity contribution is 6.34. The normalized spacial score (nSPS) is 13.5. The number of carbonyl (C=O) groups is 1. The Labute approximate surface area is 237 Å². The molecule has 0 radical (unpaired) electrons. The Hall–Kier alpha value is -4.38. The molecule has 12 heteroatoms. The molecule has 1 saturated carbocycles. The number of methoxy groups -OCH3 is 1. The van der Waals surface area contributed by atoms with Crippen LogP contribution in [0.5, 0.6) is 5.75 Å². The highest BCUT2D eigenvalue weighted by Gasteiger charge is 2.35. The van der Waals surface area contributed by atoms with Crippen LogP contribution < -0.4 is 10.1 Å². The predicted octanol–water partition coefficient (Wildman–Crippen LogP) is 6.38. The molecule has 1 N–H and O–H groups in total. The molecule has 3 heterocycles. The average molecular weight is 581 g/mol. The monoisotopic (exact) mass is 580 g/mol. The molecule has 3 aromatic heterocycles. The van der Waals surface area contributed by atoms with Crippen molar-refractivity contribution in [2.24, 2.45) is 0 Å². The standard InChI is InChI=1S/C29H24ClF3N6O2/c1-41-21-8-2-17(3-9-21)12-36-27-26-14-34-16-39(26)25-10-22(23(30)11-24(25)37-27)28(40)38(20-6-7-20)15-19-5-4-18(13-35-19)29(31,32)33/h2-5,8-11,13-14,16,20H,6-7,12,15H2,1H3,(H,36,37). The number of aromatic nitrogens is 4. The van der Waals surface area contributed by atoms with Gasteiger partial charge >= 0.3 is 6.18 Å². The Morgan fingerprint density at radius 1 is 1.12 bits per heavy atom. The summed E-state index contributed by atoms with van der Waals surface area (Å²) >= 11 is 6.63. The Balaban J connectivity index is 1.29. The summed E-state index contributed by atoms with van der Waals surface area (Å²) in [6, 6.07) is 13.3. The maximum atomic E-state index is 13.7. The predicted molar refractivity (Wildman–Crippen MR) is 148 cm³/mol. The zero-order chi connectivity index (χ0) is 28.7. The lowest BCUT2D eigenvalue weighted by atomic mass is 10.1. The van der Waals surface area contributed by atoms with Gasteiger partial charge in [0.05, 0.1) is 59.1 Å². The number of benzene rings is 2. The molecule has 0 saturated heterocycles. The highest BCUT2D eigenvalue weighted by atomic mass is 35.5. The van der Waals surface area contributed by atoms with E-state index in [1.54, 1.807) is 36.7 Å². The van der Waals surface area contributed by atoms with E-state index >= 15 is 0 Å². The molecule has 6 rings (SSSR count). The number of nitrogens with one attached hydrogen (secondary N) is 1. The third-order valence-electron chi connectivity index (χ3n) is 7.02. The summed E-state index contributed by atoms with van der Waals surface area (Å²) in [4.78, 5) is 28.4. The third-order valence-corrected chi connectivity index (χ3v) is 7.33. The molecule has 0 atom stereocenters. The van der Waals surface area contributed by atoms with Crippen LogP contribution in [0.15, 0.2) is 67.3 Å². The first kappa shape index (κ1) is 26.8. The fourth-order valence-corrected chi connectivity index (χ4v) is 4.90. The second-order valence-corrected chi connectivity index (χ2v) is 10.2. The van der Waals surface area contributed by atoms with Crippen molar-refractivity contribution in [1.82, 2.24) is 24.3 Å². The molecule has 41 heavy (non-hydrogen) atoms. The van der Waals surface area contributed by atoms with Gasteiger partial charge in [0.15, 0.2) is 5.82 Å². The van der Waals surface area contributed by atoms with E-state index < -0.39 is 11.7 Å². The topological polar surface area (TPSA) is 84.6 Å². The number of halogens is 4. The number of nitrogens with zero attached hydrogens (tertiary/aromatic N) is 5. The van der Waals surface area contributed by atoms with Gasteiger partial charge in [0.2, 0.25) is 0 Å². The molecule has 210 valence electrons. The first-order chi connectivity index (χ1) is 19.7. The first-order valence-corrected chi connectivity index (χ1v) is 13.2. The zero-order valence-corrected chi connectivity index (χ0v) is 22.6. The molecule has 1 fully saturated rings. The number of alkyl halides is 3. The van der Waals surface area contributed by atoms with Gasteiger partial charge in [-0.2, -0.15) is 13.2 Å². The number of pyridine rings is 1. The molecule has 5 aromatic rings. The van der Waals surface area contributed by atoms with Gasteiger partial charge in [-0.15, -0.1) is 0 Å². The van der Waals surface area contributed by atoms with Crippen LogP contribution in [-0.4, -0.2) is 43.3 Å². The molecule has 1 aliphatic carbocycles. The van der Waals surface area contributed by atoms with E-state index in [0.717, 1.165) is 41.9 Å². The molecule has 0 bridgehead atoms. The van der Waals surface area contributed by atoms with Crippen molar-refractivity contribution < 1.29 is 22.7 Å². The summed E-state index contributed by atoms with van der Waals surface area (Å²) in [7, 11) is 1.62. The van der Waals surface area contributed by atoms with Crippen LogP contribution in [0.25, 0.3) is 16.6 Å². The fraction of sp³-hybridized carbons (Fsp3) is 0.241. The van der Waals surface area contributed by atoms with Gasteiger partial charge in [-0.25, -0.2) is 9.97 Å². The van der Waals surface area contributed by atoms with Crippen molar-refractivity contribution in [2.45, 2.75) is 38.1 Å². The van der Waals surface area contributed by atoms with Crippen LogP contribution >= 0.6 is 11.6 Å². The Morgan fingerprint density at radius 2 is 1.90 bits per heavy atom. The van der Waals surface area contributed by atoms with Crippen LogP contribution in [0.3, 0.4) is 0 Å². The largest absolute Gasteiger partial charge is 0.497 e. The number of rotatable bonds is 8. The van der Waals surface area contributed by atoms with Gasteiger partial charge in [-0.1, -0.05) is 23.7 Å². The van der Waals surface area contributed by atoms with Crippen LogP contribution in [0.1, 0.15) is 40.0 Å². The van der Waals surface area contributed by atoms with Crippen molar-refractivity contribution in [3.8, 4) is 5.75 Å². The molecule has 0 aliphatic heterocycles. The number of ether oxygens (including phenoxy) is 1. The number of anilines is 1. The van der Waals surface area contributed by atoms with Gasteiger partial charge < -0.3 is 15.0 Å². The van der Waals surface area contributed by atoms with E-state index in [2.05, 4.69) is 15.3 Å². The van der Waals surface area contributed by atoms with E-state index in [1.807, 2.05) is 28.7 Å². The minimum absolute atomic E-state index is 0.0331. The summed E-state index contributed by atoms with van der Waals surface area (Å²) in [6.07, 6.45) is 1.24. The summed E-state index contributed by atoms with van der Waals surface area (Å²) in [5.41, 5.74) is 2.76. The first-order valence-electron chi connectivity index (χ1n) is 12.9. The van der Waals surface area contributed by atoms with E-state index in [9.17, 15) is 18.0 Å². The second-order valence-electron chi connectivity index (χ2n) is 9.83. The van der Waals surface area contributed by atoms with Crippen molar-refractivity contribution in [3.63, 3.8) is 0 Å². The van der Waals surface area contributed by atoms with Crippen molar-refractivity contribution in [3.05, 3.63) is 94.7 Å². The average Bonchev–Trinajstić information content (AvgIpc) is 3.68. The lowest BCUT2D eigenvalue weighted by Crippen LogP contribution is -2.33. The lowest BCUT2D eigenvalue weighted by Gasteiger charge is -2.23. The number of hydrogen-bond donors (Lipinski definition) is 1. The van der Waals surface area contributed by atoms with Gasteiger partial charge in [-0.05, 0) is 54.8 Å². The fourth-order valence-electron chi connectivity index (χ4n) is 4.66. The van der Waals surface area contributed by atoms with Gasteiger partial charge in [0.1, 0.15) is 11.3 Å². The number of amides is 1. The maximum Gasteiger partial charge on any atom is 0.417 e. The molecule has 1 amide bonds. The van der Waals surface area contributed by atoms with Crippen molar-refractivity contribution >= 4 is 39.9 Å². The zero-order valence-electron chi connectivity index (χ0n) is 21.8. The molecular weight excluding hydrogens is 557 g/mol. The number of imidazole rings is 1. The third kappa shape index (κ3) is 5.49. The van der Waals surface area contributed by atoms with E-state index in [-0.39, 0.29) is 29.1 Å². The Bertz CT molecular complexity index is 1730. The quantitative estimate of drug-likeness (QED) is 0.229. The van der Waals surface area contributed by atoms with Crippen LogP contribution in [0, 0.1) is 0 Å². The highest BCUT2D eigenvalue weighted by Crippen LogP contribution is 2.34. The summed E-state index contributed by atoms with van der Waals surface area (Å²) in [5, 5.41) is 3.57. The van der Waals surface area contributed by atoms with Crippen LogP contribution in [0.2, 0.25) is 5.02 Å². The smallest absolute Gasteiger partial charge is 0.417 e. The Morgan fingerprint density at radius 3 is 2.56 bits per heavy atom. The maximum absolute atomic E-state index is 13.7. The number of fused-ring (bicyclic) bond motifs is 3. The summed E-state index contributed by atoms with van der Waals surface area (Å²) in [6.45, 7) is 0.588. The molecule has 2 aromatic carbocycles. The van der Waals surface area contributed by atoms with Crippen LogP contribution in [0.4, 0.5) is 19.0 Å². The number of carbonyl (C=O) groups excluding carboxylic acids is 1. The van der Waals surface area contributed by atoms with E-state index in [0.29, 0.717) is 29.1 Å². The lowest BCUT2D eigenvalue weighted by molar-refractivity contribution is -0.137. The molecule has 0 spiro atoms. The minimum atomic E-state index is -4.48. The minimum Gasteiger partial charge on any atom is -0.497 e. The molecule has 1 aliphatic rings. The van der Waals surface area contributed by atoms with E-state index in [4.69, 9.17) is 21.3 Å². The number of hydrogen-bond acceptors (Lipinski definition) is 6. The van der Waals surface area contributed by atoms with Crippen LogP contribution in [-0.2, 0) is 19.3 Å². The van der Waals surface area contributed by atoms with Gasteiger partial charge in [0.25, 0.3) is 5.91 Å². The second kappa shape index (κ2) is 10.5.